The molecule has 1 aliphatic heterocycles. The smallest absolute Gasteiger partial charge is 0.133 e. The van der Waals surface area contributed by atoms with Crippen LogP contribution in [0.1, 0.15) is 31.2 Å². The van der Waals surface area contributed by atoms with Gasteiger partial charge in [-0.25, -0.2) is 4.98 Å². The van der Waals surface area contributed by atoms with E-state index in [1.54, 1.807) is 6.20 Å². The maximum Gasteiger partial charge on any atom is 0.133 e. The van der Waals surface area contributed by atoms with Crippen LogP contribution in [0.5, 0.6) is 0 Å². The molecule has 0 aromatic carbocycles. The Morgan fingerprint density at radius 2 is 2.28 bits per heavy atom. The minimum absolute atomic E-state index is 0.433. The minimum atomic E-state index is 0.433. The van der Waals surface area contributed by atoms with Crippen LogP contribution in [0.3, 0.4) is 0 Å². The predicted molar refractivity (Wildman–Crippen MR) is 71.7 cm³/mol. The molecule has 3 rings (SSSR count). The number of aromatic nitrogens is 1. The lowest BCUT2D eigenvalue weighted by molar-refractivity contribution is -0.0911. The summed E-state index contributed by atoms with van der Waals surface area (Å²) in [6.45, 7) is 2.75. The van der Waals surface area contributed by atoms with Crippen LogP contribution in [0.25, 0.3) is 0 Å². The average molecular weight is 267 g/mol. The van der Waals surface area contributed by atoms with Gasteiger partial charge in [0.15, 0.2) is 0 Å². The van der Waals surface area contributed by atoms with Gasteiger partial charge in [0.1, 0.15) is 5.15 Å². The van der Waals surface area contributed by atoms with Gasteiger partial charge in [0, 0.05) is 30.9 Å². The zero-order valence-electron chi connectivity index (χ0n) is 10.5. The molecule has 4 heteroatoms. The van der Waals surface area contributed by atoms with Crippen LogP contribution < -0.4 is 0 Å². The van der Waals surface area contributed by atoms with Gasteiger partial charge in [0.05, 0.1) is 12.7 Å². The zero-order valence-corrected chi connectivity index (χ0v) is 11.3. The summed E-state index contributed by atoms with van der Waals surface area (Å²) in [7, 11) is 0. The Balaban J connectivity index is 1.73. The normalized spacial score (nSPS) is 28.9. The summed E-state index contributed by atoms with van der Waals surface area (Å²) in [4.78, 5) is 6.68. The fourth-order valence-electron chi connectivity index (χ4n) is 3.13. The number of fused-ring (bicyclic) bond motifs is 1. The number of halogens is 1. The Morgan fingerprint density at radius 1 is 1.39 bits per heavy atom. The molecule has 1 aromatic rings. The van der Waals surface area contributed by atoms with E-state index in [0.29, 0.717) is 17.3 Å². The zero-order chi connectivity index (χ0) is 12.4. The highest BCUT2D eigenvalue weighted by atomic mass is 35.5. The van der Waals surface area contributed by atoms with Crippen LogP contribution in [-0.2, 0) is 11.3 Å². The first-order valence-electron chi connectivity index (χ1n) is 6.79. The molecule has 1 saturated carbocycles. The maximum absolute atomic E-state index is 6.15. The van der Waals surface area contributed by atoms with Gasteiger partial charge in [-0.3, -0.25) is 4.90 Å². The highest BCUT2D eigenvalue weighted by molar-refractivity contribution is 6.30. The van der Waals surface area contributed by atoms with E-state index in [2.05, 4.69) is 16.0 Å². The van der Waals surface area contributed by atoms with Gasteiger partial charge in [-0.1, -0.05) is 30.5 Å². The van der Waals surface area contributed by atoms with Crippen molar-refractivity contribution in [3.8, 4) is 0 Å². The van der Waals surface area contributed by atoms with Crippen molar-refractivity contribution in [2.24, 2.45) is 0 Å². The van der Waals surface area contributed by atoms with Crippen LogP contribution in [0.2, 0.25) is 5.15 Å². The Bertz CT molecular complexity index is 411. The highest BCUT2D eigenvalue weighted by Crippen LogP contribution is 2.30. The number of ether oxygens (including phenoxy) is 1. The molecule has 1 aliphatic carbocycles. The molecule has 0 N–H and O–H groups in total. The third-order valence-corrected chi connectivity index (χ3v) is 4.40. The molecule has 2 atom stereocenters. The third kappa shape index (κ3) is 2.53. The van der Waals surface area contributed by atoms with Crippen molar-refractivity contribution in [2.75, 3.05) is 13.2 Å². The highest BCUT2D eigenvalue weighted by Gasteiger charge is 2.34. The van der Waals surface area contributed by atoms with Gasteiger partial charge in [0.25, 0.3) is 0 Å². The van der Waals surface area contributed by atoms with Gasteiger partial charge >= 0.3 is 0 Å². The van der Waals surface area contributed by atoms with Crippen molar-refractivity contribution in [1.29, 1.82) is 0 Å². The fraction of sp³-hybridized carbons (Fsp3) is 0.643. The molecule has 1 aromatic heterocycles. The summed E-state index contributed by atoms with van der Waals surface area (Å²) in [5.74, 6) is 0. The molecule has 2 fully saturated rings. The van der Waals surface area contributed by atoms with Crippen LogP contribution in [-0.4, -0.2) is 35.2 Å². The molecule has 2 aliphatic rings. The monoisotopic (exact) mass is 266 g/mol. The molecule has 0 radical (unpaired) electrons. The summed E-state index contributed by atoms with van der Waals surface area (Å²) in [6.07, 6.45) is 7.27. The van der Waals surface area contributed by atoms with Crippen LogP contribution in [0.15, 0.2) is 18.3 Å². The number of hydrogen-bond acceptors (Lipinski definition) is 3. The minimum Gasteiger partial charge on any atom is -0.375 e. The first kappa shape index (κ1) is 12.4. The van der Waals surface area contributed by atoms with Crippen LogP contribution in [0.4, 0.5) is 0 Å². The van der Waals surface area contributed by atoms with E-state index in [-0.39, 0.29) is 0 Å². The SMILES string of the molecule is Clc1ncccc1CN1CCOC2CCCCC21. The van der Waals surface area contributed by atoms with Crippen molar-refractivity contribution in [1.82, 2.24) is 9.88 Å². The Morgan fingerprint density at radius 3 is 3.17 bits per heavy atom. The molecular formula is C14H19ClN2O. The van der Waals surface area contributed by atoms with E-state index in [4.69, 9.17) is 16.3 Å². The second kappa shape index (κ2) is 5.55. The van der Waals surface area contributed by atoms with Gasteiger partial charge in [-0.2, -0.15) is 0 Å². The van der Waals surface area contributed by atoms with Crippen molar-refractivity contribution >= 4 is 11.6 Å². The average Bonchev–Trinajstić information content (AvgIpc) is 2.42. The molecule has 0 bridgehead atoms. The summed E-state index contributed by atoms with van der Waals surface area (Å²) < 4.78 is 5.89. The van der Waals surface area contributed by atoms with Crippen LogP contribution in [0, 0.1) is 0 Å². The molecule has 3 nitrogen and oxygen atoms in total. The Labute approximate surface area is 113 Å². The molecule has 1 saturated heterocycles. The summed E-state index contributed by atoms with van der Waals surface area (Å²) in [5, 5.41) is 0.636. The maximum atomic E-state index is 6.15. The number of pyridine rings is 1. The number of hydrogen-bond donors (Lipinski definition) is 0. The molecule has 18 heavy (non-hydrogen) atoms. The number of morpholine rings is 1. The summed E-state index contributed by atoms with van der Waals surface area (Å²) >= 11 is 6.15. The van der Waals surface area contributed by atoms with Crippen molar-refractivity contribution < 1.29 is 4.74 Å². The second-order valence-electron chi connectivity index (χ2n) is 5.18. The lowest BCUT2D eigenvalue weighted by atomic mass is 9.90. The quantitative estimate of drug-likeness (QED) is 0.770. The summed E-state index contributed by atoms with van der Waals surface area (Å²) in [5.41, 5.74) is 1.13. The van der Waals surface area contributed by atoms with E-state index in [1.165, 1.54) is 25.7 Å². The first-order valence-corrected chi connectivity index (χ1v) is 7.17. The lowest BCUT2D eigenvalue weighted by Crippen LogP contribution is -2.52. The van der Waals surface area contributed by atoms with E-state index in [0.717, 1.165) is 25.3 Å². The topological polar surface area (TPSA) is 25.4 Å². The molecule has 0 spiro atoms. The molecule has 98 valence electrons. The van der Waals surface area contributed by atoms with Gasteiger partial charge in [0.2, 0.25) is 0 Å². The number of rotatable bonds is 2. The van der Waals surface area contributed by atoms with Crippen molar-refractivity contribution in [2.45, 2.75) is 44.4 Å². The third-order valence-electron chi connectivity index (χ3n) is 4.06. The Kier molecular flexibility index (Phi) is 3.83. The first-order chi connectivity index (χ1) is 8.84. The summed E-state index contributed by atoms with van der Waals surface area (Å²) in [6, 6.07) is 4.60. The van der Waals surface area contributed by atoms with Crippen LogP contribution >= 0.6 is 11.6 Å². The van der Waals surface area contributed by atoms with Gasteiger partial charge in [-0.15, -0.1) is 0 Å². The van der Waals surface area contributed by atoms with Crippen molar-refractivity contribution in [3.05, 3.63) is 29.0 Å². The molecular weight excluding hydrogens is 248 g/mol. The molecule has 0 amide bonds. The fourth-order valence-corrected chi connectivity index (χ4v) is 3.31. The predicted octanol–water partition coefficient (Wildman–Crippen LogP) is 2.88. The lowest BCUT2D eigenvalue weighted by Gasteiger charge is -2.43. The second-order valence-corrected chi connectivity index (χ2v) is 5.54. The molecule has 2 unspecified atom stereocenters. The van der Waals surface area contributed by atoms with Gasteiger partial charge in [-0.05, 0) is 18.9 Å². The standard InChI is InChI=1S/C14H19ClN2O/c15-14-11(4-3-7-16-14)10-17-8-9-18-13-6-2-1-5-12(13)17/h3-4,7,12-13H,1-2,5-6,8-10H2. The van der Waals surface area contributed by atoms with Crippen molar-refractivity contribution in [3.63, 3.8) is 0 Å². The number of nitrogens with zero attached hydrogens (tertiary/aromatic N) is 2. The van der Waals surface area contributed by atoms with Gasteiger partial charge < -0.3 is 4.74 Å². The van der Waals surface area contributed by atoms with E-state index in [9.17, 15) is 0 Å². The Hall–Kier alpha value is -0.640. The largest absolute Gasteiger partial charge is 0.375 e. The van der Waals surface area contributed by atoms with E-state index < -0.39 is 0 Å². The van der Waals surface area contributed by atoms with E-state index >= 15 is 0 Å². The molecule has 2 heterocycles. The van der Waals surface area contributed by atoms with E-state index in [1.807, 2.05) is 6.07 Å².